The molecule has 0 unspecified atom stereocenters. The van der Waals surface area contributed by atoms with E-state index in [1.54, 1.807) is 0 Å². The monoisotopic (exact) mass is 773 g/mol. The molecule has 6 aromatic carbocycles. The number of hydrogen-bond donors (Lipinski definition) is 0. The zero-order valence-electron chi connectivity index (χ0n) is 36.7. The van der Waals surface area contributed by atoms with Crippen molar-refractivity contribution in [1.29, 1.82) is 0 Å². The van der Waals surface area contributed by atoms with Crippen LogP contribution in [-0.4, -0.2) is 0 Å². The van der Waals surface area contributed by atoms with E-state index in [1.165, 1.54) is 73.2 Å². The summed E-state index contributed by atoms with van der Waals surface area (Å²) in [6.07, 6.45) is 8.83. The van der Waals surface area contributed by atoms with Gasteiger partial charge in [-0.25, -0.2) is 0 Å². The molecule has 0 radical (unpaired) electrons. The molecule has 0 saturated carbocycles. The van der Waals surface area contributed by atoms with E-state index in [9.17, 15) is 0 Å². The summed E-state index contributed by atoms with van der Waals surface area (Å²) in [5.74, 6) is 0. The maximum Gasteiger partial charge on any atom is 0.0545 e. The average Bonchev–Trinajstić information content (AvgIpc) is 3.22. The first-order valence-electron chi connectivity index (χ1n) is 21.5. The Kier molecular flexibility index (Phi) is 9.12. The third kappa shape index (κ3) is 6.51. The van der Waals surface area contributed by atoms with Crippen LogP contribution in [0, 0.1) is 0 Å². The Morgan fingerprint density at radius 2 is 0.966 bits per heavy atom. The Hall–Kier alpha value is -5.80. The Balaban J connectivity index is 1.27. The highest BCUT2D eigenvalue weighted by molar-refractivity contribution is 5.95. The molecule has 0 fully saturated rings. The molecule has 0 atom stereocenters. The molecule has 3 nitrogen and oxygen atoms in total. The predicted octanol–water partition coefficient (Wildman–Crippen LogP) is 15.9. The molecular weight excluding hydrogens is 715 g/mol. The van der Waals surface area contributed by atoms with Crippen molar-refractivity contribution in [2.24, 2.45) is 0 Å². The van der Waals surface area contributed by atoms with E-state index < -0.39 is 0 Å². The van der Waals surface area contributed by atoms with Crippen molar-refractivity contribution in [2.75, 3.05) is 14.7 Å². The third-order valence-corrected chi connectivity index (χ3v) is 13.2. The lowest BCUT2D eigenvalue weighted by Crippen LogP contribution is -2.38. The molecule has 6 aromatic rings. The molecule has 0 saturated heterocycles. The molecule has 0 aromatic heterocycles. The molecule has 2 heterocycles. The highest BCUT2D eigenvalue weighted by atomic mass is 15.2. The SMILES string of the molecule is CC(C)(C)c1ccc(N(C2=CC=CCC2)c2ccc3c(c2)C(C)(C)c2cc(N(c4ccccc4)c4ccc(C(C)(C)C)cc4)cc4c2N3c2ccccc2C4(C)C)cc1. The van der Waals surface area contributed by atoms with Gasteiger partial charge in [-0.15, -0.1) is 0 Å². The highest BCUT2D eigenvalue weighted by Gasteiger charge is 2.46. The number of allylic oxidation sites excluding steroid dienone is 4. The summed E-state index contributed by atoms with van der Waals surface area (Å²) in [4.78, 5) is 7.53. The maximum atomic E-state index is 2.58. The van der Waals surface area contributed by atoms with Gasteiger partial charge in [0.1, 0.15) is 0 Å². The molecule has 59 heavy (non-hydrogen) atoms. The number of nitrogens with zero attached hydrogens (tertiary/aromatic N) is 3. The van der Waals surface area contributed by atoms with Gasteiger partial charge in [-0.05, 0) is 136 Å². The van der Waals surface area contributed by atoms with Gasteiger partial charge in [-0.1, -0.05) is 142 Å². The molecule has 0 N–H and O–H groups in total. The summed E-state index contributed by atoms with van der Waals surface area (Å²) in [6, 6.07) is 50.6. The van der Waals surface area contributed by atoms with Crippen LogP contribution in [0.2, 0.25) is 0 Å². The van der Waals surface area contributed by atoms with Gasteiger partial charge in [0, 0.05) is 45.0 Å². The van der Waals surface area contributed by atoms with Crippen molar-refractivity contribution in [3.05, 3.63) is 191 Å². The second kappa shape index (κ2) is 13.9. The summed E-state index contributed by atoms with van der Waals surface area (Å²) in [7, 11) is 0. The molecule has 0 amide bonds. The van der Waals surface area contributed by atoms with Crippen molar-refractivity contribution in [2.45, 2.75) is 104 Å². The minimum Gasteiger partial charge on any atom is -0.314 e. The molecule has 9 rings (SSSR count). The maximum absolute atomic E-state index is 2.58. The number of rotatable bonds is 6. The van der Waals surface area contributed by atoms with Crippen molar-refractivity contribution in [1.82, 2.24) is 0 Å². The molecule has 0 bridgehead atoms. The molecule has 3 heteroatoms. The quantitative estimate of drug-likeness (QED) is 0.167. The van der Waals surface area contributed by atoms with Gasteiger partial charge in [-0.3, -0.25) is 0 Å². The molecule has 298 valence electrons. The van der Waals surface area contributed by atoms with Crippen LogP contribution in [0.1, 0.15) is 115 Å². The first-order valence-corrected chi connectivity index (χ1v) is 21.5. The molecule has 0 spiro atoms. The lowest BCUT2D eigenvalue weighted by atomic mass is 9.66. The number of para-hydroxylation sites is 2. The lowest BCUT2D eigenvalue weighted by molar-refractivity contribution is 0.590. The number of hydrogen-bond acceptors (Lipinski definition) is 3. The predicted molar refractivity (Wildman–Crippen MR) is 253 cm³/mol. The largest absolute Gasteiger partial charge is 0.314 e. The Bertz CT molecular complexity index is 2610. The van der Waals surface area contributed by atoms with Gasteiger partial charge >= 0.3 is 0 Å². The molecule has 1 aliphatic carbocycles. The van der Waals surface area contributed by atoms with E-state index in [2.05, 4.69) is 236 Å². The van der Waals surface area contributed by atoms with Crippen molar-refractivity contribution in [3.63, 3.8) is 0 Å². The third-order valence-electron chi connectivity index (χ3n) is 13.2. The van der Waals surface area contributed by atoms with Crippen LogP contribution < -0.4 is 14.7 Å². The fourth-order valence-electron chi connectivity index (χ4n) is 9.66. The van der Waals surface area contributed by atoms with Crippen LogP contribution in [0.3, 0.4) is 0 Å². The van der Waals surface area contributed by atoms with E-state index >= 15 is 0 Å². The van der Waals surface area contributed by atoms with Gasteiger partial charge in [0.25, 0.3) is 0 Å². The van der Waals surface area contributed by atoms with E-state index in [0.29, 0.717) is 0 Å². The van der Waals surface area contributed by atoms with Crippen LogP contribution in [-0.2, 0) is 21.7 Å². The minimum atomic E-state index is -0.328. The fraction of sp³-hybridized carbons (Fsp3) is 0.286. The summed E-state index contributed by atoms with van der Waals surface area (Å²) < 4.78 is 0. The van der Waals surface area contributed by atoms with E-state index in [1.807, 2.05) is 0 Å². The molecule has 3 aliphatic rings. The summed E-state index contributed by atoms with van der Waals surface area (Å²) in [5.41, 5.74) is 18.6. The second-order valence-electron chi connectivity index (χ2n) is 19.9. The Labute approximate surface area is 353 Å². The summed E-state index contributed by atoms with van der Waals surface area (Å²) in [6.45, 7) is 23.4. The van der Waals surface area contributed by atoms with Gasteiger partial charge in [-0.2, -0.15) is 0 Å². The van der Waals surface area contributed by atoms with Gasteiger partial charge in [0.2, 0.25) is 0 Å². The van der Waals surface area contributed by atoms with Crippen LogP contribution >= 0.6 is 0 Å². The molecular formula is C56H59N3. The van der Waals surface area contributed by atoms with E-state index in [4.69, 9.17) is 0 Å². The first-order chi connectivity index (χ1) is 28.0. The molecule has 2 aliphatic heterocycles. The second-order valence-corrected chi connectivity index (χ2v) is 19.9. The Morgan fingerprint density at radius 3 is 1.54 bits per heavy atom. The number of anilines is 8. The number of fused-ring (bicyclic) bond motifs is 4. The average molecular weight is 774 g/mol. The lowest BCUT2D eigenvalue weighted by Gasteiger charge is -2.50. The van der Waals surface area contributed by atoms with Crippen LogP contribution in [0.5, 0.6) is 0 Å². The van der Waals surface area contributed by atoms with Crippen LogP contribution in [0.25, 0.3) is 0 Å². The number of benzene rings is 6. The summed E-state index contributed by atoms with van der Waals surface area (Å²) in [5, 5.41) is 0. The summed E-state index contributed by atoms with van der Waals surface area (Å²) >= 11 is 0. The van der Waals surface area contributed by atoms with Gasteiger partial charge < -0.3 is 14.7 Å². The van der Waals surface area contributed by atoms with Crippen LogP contribution in [0.4, 0.5) is 45.5 Å². The Morgan fingerprint density at radius 1 is 0.475 bits per heavy atom. The fourth-order valence-corrected chi connectivity index (χ4v) is 9.66. The zero-order chi connectivity index (χ0) is 41.5. The van der Waals surface area contributed by atoms with Crippen molar-refractivity contribution >= 4 is 45.5 Å². The van der Waals surface area contributed by atoms with Gasteiger partial charge in [0.05, 0.1) is 17.1 Å². The van der Waals surface area contributed by atoms with Crippen molar-refractivity contribution < 1.29 is 0 Å². The first kappa shape index (κ1) is 38.7. The van der Waals surface area contributed by atoms with Crippen molar-refractivity contribution in [3.8, 4) is 0 Å². The zero-order valence-corrected chi connectivity index (χ0v) is 36.7. The normalized spacial score (nSPS) is 16.1. The van der Waals surface area contributed by atoms with Crippen LogP contribution in [0.15, 0.2) is 157 Å². The highest BCUT2D eigenvalue weighted by Crippen LogP contribution is 2.61. The van der Waals surface area contributed by atoms with E-state index in [0.717, 1.165) is 24.2 Å². The standard InChI is InChI=1S/C56H59N3/c1-53(2,3)38-25-29-42(30-26-38)57(40-19-13-11-14-20-40)44-33-34-51-47(35-44)56(9,10)49-37-45(36-48-52(49)59(51)50-24-18-17-23-46(50)55(48,7)8)58(41-21-15-12-16-22-41)43-31-27-39(28-32-43)54(4,5)6/h11-13,15-19,21-37H,14,20H2,1-10H3. The van der Waals surface area contributed by atoms with Gasteiger partial charge in [0.15, 0.2) is 0 Å². The smallest absolute Gasteiger partial charge is 0.0545 e. The van der Waals surface area contributed by atoms with E-state index in [-0.39, 0.29) is 21.7 Å². The topological polar surface area (TPSA) is 9.72 Å². The minimum absolute atomic E-state index is 0.0684.